The van der Waals surface area contributed by atoms with Gasteiger partial charge in [0.2, 0.25) is 0 Å². The number of hydrogen-bond acceptors (Lipinski definition) is 2. The van der Waals surface area contributed by atoms with E-state index in [1.165, 1.54) is 25.8 Å². The Hall–Kier alpha value is -0.0800. The first-order valence-electron chi connectivity index (χ1n) is 5.19. The summed E-state index contributed by atoms with van der Waals surface area (Å²) in [5.41, 5.74) is 0. The Morgan fingerprint density at radius 1 is 1.33 bits per heavy atom. The van der Waals surface area contributed by atoms with Gasteiger partial charge in [0.25, 0.3) is 0 Å². The van der Waals surface area contributed by atoms with Gasteiger partial charge in [-0.25, -0.2) is 0 Å². The molecule has 1 N–H and O–H groups in total. The maximum Gasteiger partial charge on any atom is 0.0217 e. The number of likely N-dealkylation sites (tertiary alicyclic amines) is 1. The lowest BCUT2D eigenvalue weighted by molar-refractivity contribution is 0.184. The molecule has 0 aliphatic carbocycles. The molecule has 0 bridgehead atoms. The molecule has 0 aromatic heterocycles. The first kappa shape index (κ1) is 11.9. The zero-order chi connectivity index (χ0) is 9.40. The second-order valence-electron chi connectivity index (χ2n) is 3.19. The van der Waals surface area contributed by atoms with Crippen LogP contribution in [0.5, 0.6) is 0 Å². The first-order valence-corrected chi connectivity index (χ1v) is 5.19. The highest BCUT2D eigenvalue weighted by atomic mass is 15.1. The highest BCUT2D eigenvalue weighted by molar-refractivity contribution is 4.74. The molecule has 1 heterocycles. The molecule has 1 unspecified atom stereocenters. The van der Waals surface area contributed by atoms with Crippen LogP contribution in [0.15, 0.2) is 0 Å². The van der Waals surface area contributed by atoms with Crippen molar-refractivity contribution in [2.75, 3.05) is 27.2 Å². The Balaban J connectivity index is 0.000000561. The van der Waals surface area contributed by atoms with Crippen LogP contribution in [0.1, 0.15) is 33.1 Å². The Morgan fingerprint density at radius 3 is 2.50 bits per heavy atom. The van der Waals surface area contributed by atoms with E-state index in [1.54, 1.807) is 0 Å². The quantitative estimate of drug-likeness (QED) is 0.682. The van der Waals surface area contributed by atoms with Crippen molar-refractivity contribution >= 4 is 0 Å². The Bertz CT molecular complexity index is 91.8. The number of piperidine rings is 1. The third kappa shape index (κ3) is 4.07. The summed E-state index contributed by atoms with van der Waals surface area (Å²) in [5, 5.41) is 3.23. The average Bonchev–Trinajstić information content (AvgIpc) is 2.13. The predicted molar refractivity (Wildman–Crippen MR) is 55.5 cm³/mol. The predicted octanol–water partition coefficient (Wildman–Crippen LogP) is 1.72. The Kier molecular flexibility index (Phi) is 7.51. The topological polar surface area (TPSA) is 15.3 Å². The highest BCUT2D eigenvalue weighted by Gasteiger charge is 2.16. The largest absolute Gasteiger partial charge is 0.318 e. The van der Waals surface area contributed by atoms with E-state index in [4.69, 9.17) is 0 Å². The van der Waals surface area contributed by atoms with E-state index in [-0.39, 0.29) is 0 Å². The van der Waals surface area contributed by atoms with Crippen LogP contribution in [-0.2, 0) is 0 Å². The molecule has 0 aromatic rings. The first-order chi connectivity index (χ1) is 5.84. The van der Waals surface area contributed by atoms with E-state index in [0.29, 0.717) is 0 Å². The number of rotatable bonds is 2. The molecule has 0 spiro atoms. The molecule has 1 aliphatic rings. The van der Waals surface area contributed by atoms with Gasteiger partial charge in [0.15, 0.2) is 0 Å². The van der Waals surface area contributed by atoms with Crippen molar-refractivity contribution in [2.24, 2.45) is 0 Å². The van der Waals surface area contributed by atoms with Gasteiger partial charge >= 0.3 is 0 Å². The van der Waals surface area contributed by atoms with Crippen molar-refractivity contribution in [3.63, 3.8) is 0 Å². The molecule has 1 rings (SSSR count). The van der Waals surface area contributed by atoms with Crippen LogP contribution in [0.25, 0.3) is 0 Å². The van der Waals surface area contributed by atoms with Crippen molar-refractivity contribution in [1.82, 2.24) is 10.2 Å². The molecule has 12 heavy (non-hydrogen) atoms. The number of likely N-dealkylation sites (N-methyl/N-ethyl adjacent to an activating group) is 2. The van der Waals surface area contributed by atoms with Crippen LogP contribution in [0.3, 0.4) is 0 Å². The van der Waals surface area contributed by atoms with Gasteiger partial charge in [0.1, 0.15) is 0 Å². The number of hydrogen-bond donors (Lipinski definition) is 1. The maximum atomic E-state index is 3.23. The highest BCUT2D eigenvalue weighted by Crippen LogP contribution is 2.13. The van der Waals surface area contributed by atoms with E-state index in [9.17, 15) is 0 Å². The fourth-order valence-electron chi connectivity index (χ4n) is 1.64. The van der Waals surface area contributed by atoms with E-state index in [0.717, 1.165) is 12.6 Å². The minimum absolute atomic E-state index is 0.791. The van der Waals surface area contributed by atoms with Crippen LogP contribution in [0.4, 0.5) is 0 Å². The van der Waals surface area contributed by atoms with Gasteiger partial charge in [0, 0.05) is 12.6 Å². The minimum atomic E-state index is 0.791. The van der Waals surface area contributed by atoms with Crippen molar-refractivity contribution < 1.29 is 0 Å². The molecule has 0 aromatic carbocycles. The van der Waals surface area contributed by atoms with Crippen molar-refractivity contribution in [2.45, 2.75) is 39.2 Å². The fraction of sp³-hybridized carbons (Fsp3) is 1.00. The monoisotopic (exact) mass is 172 g/mol. The van der Waals surface area contributed by atoms with Crippen molar-refractivity contribution in [3.8, 4) is 0 Å². The third-order valence-corrected chi connectivity index (χ3v) is 2.36. The molecule has 74 valence electrons. The summed E-state index contributed by atoms with van der Waals surface area (Å²) in [6, 6.07) is 0.791. The summed E-state index contributed by atoms with van der Waals surface area (Å²) >= 11 is 0. The smallest absolute Gasteiger partial charge is 0.0217 e. The van der Waals surface area contributed by atoms with Crippen LogP contribution >= 0.6 is 0 Å². The van der Waals surface area contributed by atoms with E-state index in [1.807, 2.05) is 20.9 Å². The van der Waals surface area contributed by atoms with Gasteiger partial charge in [-0.3, -0.25) is 0 Å². The normalized spacial score (nSPS) is 24.5. The van der Waals surface area contributed by atoms with Crippen LogP contribution in [0.2, 0.25) is 0 Å². The molecule has 1 fully saturated rings. The van der Waals surface area contributed by atoms with Crippen LogP contribution in [-0.4, -0.2) is 38.1 Å². The lowest BCUT2D eigenvalue weighted by Crippen LogP contribution is -2.42. The number of nitrogens with one attached hydrogen (secondary N) is 1. The summed E-state index contributed by atoms with van der Waals surface area (Å²) in [7, 11) is 4.25. The second kappa shape index (κ2) is 7.56. The lowest BCUT2D eigenvalue weighted by Gasteiger charge is -2.32. The average molecular weight is 172 g/mol. The van der Waals surface area contributed by atoms with E-state index >= 15 is 0 Å². The summed E-state index contributed by atoms with van der Waals surface area (Å²) < 4.78 is 0. The molecule has 2 nitrogen and oxygen atoms in total. The molecular formula is C10H24N2. The van der Waals surface area contributed by atoms with Gasteiger partial charge in [-0.05, 0) is 33.5 Å². The second-order valence-corrected chi connectivity index (χ2v) is 3.19. The lowest BCUT2D eigenvalue weighted by atomic mass is 10.0. The standard InChI is InChI=1S/C8H18N2.C2H6/c1-9-7-8-5-3-4-6-10(8)2;1-2/h8-9H,3-7H2,1-2H3;1-2H3. The van der Waals surface area contributed by atoms with Crippen molar-refractivity contribution in [1.29, 1.82) is 0 Å². The summed E-state index contributed by atoms with van der Waals surface area (Å²) in [6.45, 7) is 6.43. The molecule has 0 radical (unpaired) electrons. The number of nitrogens with zero attached hydrogens (tertiary/aromatic N) is 1. The molecular weight excluding hydrogens is 148 g/mol. The van der Waals surface area contributed by atoms with E-state index in [2.05, 4.69) is 17.3 Å². The zero-order valence-corrected chi connectivity index (χ0v) is 9.06. The maximum absolute atomic E-state index is 3.23. The van der Waals surface area contributed by atoms with Gasteiger partial charge in [-0.2, -0.15) is 0 Å². The summed E-state index contributed by atoms with van der Waals surface area (Å²) in [4.78, 5) is 2.46. The molecule has 1 atom stereocenters. The van der Waals surface area contributed by atoms with Gasteiger partial charge in [0.05, 0.1) is 0 Å². The zero-order valence-electron chi connectivity index (χ0n) is 9.06. The molecule has 0 saturated carbocycles. The summed E-state index contributed by atoms with van der Waals surface area (Å²) in [6.07, 6.45) is 4.17. The van der Waals surface area contributed by atoms with E-state index < -0.39 is 0 Å². The summed E-state index contributed by atoms with van der Waals surface area (Å²) in [5.74, 6) is 0. The van der Waals surface area contributed by atoms with Crippen LogP contribution in [0, 0.1) is 0 Å². The molecule has 1 aliphatic heterocycles. The fourth-order valence-corrected chi connectivity index (χ4v) is 1.64. The van der Waals surface area contributed by atoms with Gasteiger partial charge in [-0.15, -0.1) is 0 Å². The minimum Gasteiger partial charge on any atom is -0.318 e. The third-order valence-electron chi connectivity index (χ3n) is 2.36. The van der Waals surface area contributed by atoms with Crippen molar-refractivity contribution in [3.05, 3.63) is 0 Å². The van der Waals surface area contributed by atoms with Gasteiger partial charge < -0.3 is 10.2 Å². The molecule has 2 heteroatoms. The Labute approximate surface area is 77.3 Å². The molecule has 1 saturated heterocycles. The SMILES string of the molecule is CC.CNCC1CCCCN1C. The Morgan fingerprint density at radius 2 is 2.00 bits per heavy atom. The molecule has 0 amide bonds. The van der Waals surface area contributed by atoms with Crippen LogP contribution < -0.4 is 5.32 Å². The van der Waals surface area contributed by atoms with Gasteiger partial charge in [-0.1, -0.05) is 20.3 Å².